The van der Waals surface area contributed by atoms with Gasteiger partial charge in [0, 0.05) is 17.5 Å². The van der Waals surface area contributed by atoms with Crippen molar-refractivity contribution in [3.05, 3.63) is 24.0 Å². The third-order valence-electron chi connectivity index (χ3n) is 3.41. The molecule has 3 N–H and O–H groups in total. The van der Waals surface area contributed by atoms with Gasteiger partial charge >= 0.3 is 0 Å². The van der Waals surface area contributed by atoms with Gasteiger partial charge in [0.15, 0.2) is 0 Å². The van der Waals surface area contributed by atoms with Crippen molar-refractivity contribution < 1.29 is 0 Å². The minimum atomic E-state index is 0.357. The van der Waals surface area contributed by atoms with E-state index in [0.29, 0.717) is 16.7 Å². The average molecular weight is 281 g/mol. The Morgan fingerprint density at radius 3 is 2.78 bits per heavy atom. The molecule has 2 rings (SSSR count). The van der Waals surface area contributed by atoms with Gasteiger partial charge in [0.25, 0.3) is 0 Å². The van der Waals surface area contributed by atoms with Crippen LogP contribution in [0, 0.1) is 0 Å². The zero-order valence-corrected chi connectivity index (χ0v) is 12.2. The molecular formula is C13H19N3S2. The number of nitrogens with two attached hydrogens (primary N) is 1. The standard InChI is InChI=1S/C13H19N3S2/c1-18-10-6-4-9(5-7-10)16-11-3-2-8-15-12(11)13(14)17/h2-3,8-10,16H,4-7H2,1H3,(H2,14,17). The van der Waals surface area contributed by atoms with E-state index < -0.39 is 0 Å². The molecule has 0 unspecified atom stereocenters. The van der Waals surface area contributed by atoms with Crippen LogP contribution in [0.15, 0.2) is 18.3 Å². The summed E-state index contributed by atoms with van der Waals surface area (Å²) in [6.45, 7) is 0. The summed E-state index contributed by atoms with van der Waals surface area (Å²) >= 11 is 7.01. The van der Waals surface area contributed by atoms with E-state index in [1.807, 2.05) is 23.9 Å². The Balaban J connectivity index is 2.00. The van der Waals surface area contributed by atoms with Crippen molar-refractivity contribution in [1.29, 1.82) is 0 Å². The Morgan fingerprint density at radius 2 is 2.17 bits per heavy atom. The molecule has 1 aliphatic rings. The van der Waals surface area contributed by atoms with Crippen LogP contribution < -0.4 is 11.1 Å². The van der Waals surface area contributed by atoms with Gasteiger partial charge < -0.3 is 11.1 Å². The molecule has 1 aliphatic carbocycles. The van der Waals surface area contributed by atoms with E-state index in [9.17, 15) is 0 Å². The second kappa shape index (κ2) is 6.38. The maximum absolute atomic E-state index is 5.69. The predicted molar refractivity (Wildman–Crippen MR) is 83.3 cm³/mol. The summed E-state index contributed by atoms with van der Waals surface area (Å²) in [6.07, 6.45) is 8.89. The minimum Gasteiger partial charge on any atom is -0.388 e. The highest BCUT2D eigenvalue weighted by molar-refractivity contribution is 7.99. The molecule has 0 spiro atoms. The number of hydrogen-bond acceptors (Lipinski definition) is 4. The molecule has 0 amide bonds. The lowest BCUT2D eigenvalue weighted by Crippen LogP contribution is -2.28. The summed E-state index contributed by atoms with van der Waals surface area (Å²) in [7, 11) is 0. The quantitative estimate of drug-likeness (QED) is 0.831. The monoisotopic (exact) mass is 281 g/mol. The summed E-state index contributed by atoms with van der Waals surface area (Å²) in [6, 6.07) is 4.44. The van der Waals surface area contributed by atoms with Gasteiger partial charge in [-0.3, -0.25) is 4.98 Å². The predicted octanol–water partition coefficient (Wildman–Crippen LogP) is 2.80. The molecule has 0 atom stereocenters. The van der Waals surface area contributed by atoms with Crippen molar-refractivity contribution in [2.24, 2.45) is 5.73 Å². The second-order valence-corrected chi connectivity index (χ2v) is 6.20. The smallest absolute Gasteiger partial charge is 0.124 e. The number of anilines is 1. The molecule has 1 saturated carbocycles. The van der Waals surface area contributed by atoms with Gasteiger partial charge in [-0.25, -0.2) is 0 Å². The lowest BCUT2D eigenvalue weighted by Gasteiger charge is -2.29. The first-order valence-corrected chi connectivity index (χ1v) is 7.94. The van der Waals surface area contributed by atoms with Crippen LogP contribution >= 0.6 is 24.0 Å². The highest BCUT2D eigenvalue weighted by Gasteiger charge is 2.21. The number of aromatic nitrogens is 1. The fourth-order valence-electron chi connectivity index (χ4n) is 2.38. The Hall–Kier alpha value is -0.810. The van der Waals surface area contributed by atoms with Crippen molar-refractivity contribution in [3.8, 4) is 0 Å². The first-order valence-electron chi connectivity index (χ1n) is 6.25. The first kappa shape index (κ1) is 13.6. The van der Waals surface area contributed by atoms with Crippen molar-refractivity contribution in [1.82, 2.24) is 4.98 Å². The van der Waals surface area contributed by atoms with Crippen LogP contribution in [0.2, 0.25) is 0 Å². The highest BCUT2D eigenvalue weighted by atomic mass is 32.2. The maximum Gasteiger partial charge on any atom is 0.124 e. The molecule has 0 aliphatic heterocycles. The van der Waals surface area contributed by atoms with E-state index in [-0.39, 0.29) is 0 Å². The van der Waals surface area contributed by atoms with Crippen molar-refractivity contribution in [3.63, 3.8) is 0 Å². The summed E-state index contributed by atoms with van der Waals surface area (Å²) in [5.41, 5.74) is 7.37. The third kappa shape index (κ3) is 3.36. The van der Waals surface area contributed by atoms with Crippen molar-refractivity contribution >= 4 is 34.7 Å². The molecule has 0 bridgehead atoms. The zero-order valence-electron chi connectivity index (χ0n) is 10.6. The van der Waals surface area contributed by atoms with Crippen LogP contribution in [0.5, 0.6) is 0 Å². The van der Waals surface area contributed by atoms with Crippen LogP contribution in [0.25, 0.3) is 0 Å². The molecule has 1 aromatic heterocycles. The Morgan fingerprint density at radius 1 is 1.44 bits per heavy atom. The van der Waals surface area contributed by atoms with Gasteiger partial charge in [-0.15, -0.1) is 0 Å². The van der Waals surface area contributed by atoms with Gasteiger partial charge in [0.1, 0.15) is 10.7 Å². The molecule has 0 radical (unpaired) electrons. The fraction of sp³-hybridized carbons (Fsp3) is 0.538. The molecule has 3 nitrogen and oxygen atoms in total. The van der Waals surface area contributed by atoms with Crippen LogP contribution in [0.4, 0.5) is 5.69 Å². The Bertz CT molecular complexity index is 414. The number of nitrogens with one attached hydrogen (secondary N) is 1. The molecule has 5 heteroatoms. The summed E-state index contributed by atoms with van der Waals surface area (Å²) in [5, 5.41) is 4.36. The highest BCUT2D eigenvalue weighted by Crippen LogP contribution is 2.29. The number of nitrogens with zero attached hydrogens (tertiary/aromatic N) is 1. The van der Waals surface area contributed by atoms with Gasteiger partial charge in [-0.1, -0.05) is 12.2 Å². The van der Waals surface area contributed by atoms with E-state index in [2.05, 4.69) is 16.6 Å². The number of rotatable bonds is 4. The van der Waals surface area contributed by atoms with Gasteiger partial charge in [-0.05, 0) is 44.1 Å². The Kier molecular flexibility index (Phi) is 4.83. The van der Waals surface area contributed by atoms with E-state index >= 15 is 0 Å². The molecule has 0 saturated heterocycles. The molecule has 0 aromatic carbocycles. The fourth-order valence-corrected chi connectivity index (χ4v) is 3.29. The van der Waals surface area contributed by atoms with Gasteiger partial charge in [0.2, 0.25) is 0 Å². The first-order chi connectivity index (χ1) is 8.70. The maximum atomic E-state index is 5.69. The van der Waals surface area contributed by atoms with Gasteiger partial charge in [-0.2, -0.15) is 11.8 Å². The molecular weight excluding hydrogens is 262 g/mol. The average Bonchev–Trinajstić information content (AvgIpc) is 2.40. The van der Waals surface area contributed by atoms with Crippen molar-refractivity contribution in [2.45, 2.75) is 37.0 Å². The summed E-state index contributed by atoms with van der Waals surface area (Å²) in [4.78, 5) is 4.60. The minimum absolute atomic E-state index is 0.357. The van der Waals surface area contributed by atoms with E-state index in [0.717, 1.165) is 10.9 Å². The number of hydrogen-bond donors (Lipinski definition) is 2. The van der Waals surface area contributed by atoms with Crippen LogP contribution in [0.1, 0.15) is 31.4 Å². The van der Waals surface area contributed by atoms with Crippen LogP contribution in [0.3, 0.4) is 0 Å². The molecule has 18 heavy (non-hydrogen) atoms. The molecule has 1 heterocycles. The molecule has 98 valence electrons. The molecule has 1 aromatic rings. The number of pyridine rings is 1. The topological polar surface area (TPSA) is 50.9 Å². The van der Waals surface area contributed by atoms with Gasteiger partial charge in [0.05, 0.1) is 5.69 Å². The normalized spacial score (nSPS) is 23.6. The van der Waals surface area contributed by atoms with Crippen LogP contribution in [-0.4, -0.2) is 27.5 Å². The number of thiocarbonyl (C=S) groups is 1. The Labute approximate surface area is 118 Å². The van der Waals surface area contributed by atoms with E-state index in [4.69, 9.17) is 18.0 Å². The SMILES string of the molecule is CSC1CCC(Nc2cccnc2C(N)=S)CC1. The second-order valence-electron chi connectivity index (χ2n) is 4.62. The van der Waals surface area contributed by atoms with Crippen LogP contribution in [-0.2, 0) is 0 Å². The largest absolute Gasteiger partial charge is 0.388 e. The zero-order chi connectivity index (χ0) is 13.0. The molecule has 1 fully saturated rings. The third-order valence-corrected chi connectivity index (χ3v) is 4.74. The lowest BCUT2D eigenvalue weighted by molar-refractivity contribution is 0.473. The number of thioether (sulfide) groups is 1. The van der Waals surface area contributed by atoms with E-state index in [1.165, 1.54) is 25.7 Å². The lowest BCUT2D eigenvalue weighted by atomic mass is 9.94. The summed E-state index contributed by atoms with van der Waals surface area (Å²) in [5.74, 6) is 0. The summed E-state index contributed by atoms with van der Waals surface area (Å²) < 4.78 is 0. The van der Waals surface area contributed by atoms with E-state index in [1.54, 1.807) is 6.20 Å². The van der Waals surface area contributed by atoms with Crippen molar-refractivity contribution in [2.75, 3.05) is 11.6 Å².